The molecule has 2 aromatic carbocycles. The number of methoxy groups -OCH3 is 1. The molecule has 0 aliphatic carbocycles. The minimum absolute atomic E-state index is 0.235. The molecule has 0 atom stereocenters. The van der Waals surface area contributed by atoms with Gasteiger partial charge >= 0.3 is 0 Å². The van der Waals surface area contributed by atoms with Gasteiger partial charge in [0, 0.05) is 55.6 Å². The SMILES string of the molecule is COc1cc2c(Sc3ccccc3)ncnc2cc1OCCCN1CCN(CCO)CC1. The highest BCUT2D eigenvalue weighted by Crippen LogP contribution is 2.37. The van der Waals surface area contributed by atoms with E-state index in [0.717, 1.165) is 66.5 Å². The molecular formula is C24H30N4O3S. The maximum absolute atomic E-state index is 9.07. The Kier molecular flexibility index (Phi) is 8.17. The Morgan fingerprint density at radius 2 is 1.72 bits per heavy atom. The van der Waals surface area contributed by atoms with Crippen LogP contribution in [0.25, 0.3) is 10.9 Å². The number of aromatic nitrogens is 2. The van der Waals surface area contributed by atoms with Crippen LogP contribution >= 0.6 is 11.8 Å². The van der Waals surface area contributed by atoms with Gasteiger partial charge in [-0.2, -0.15) is 0 Å². The van der Waals surface area contributed by atoms with Crippen LogP contribution in [0, 0.1) is 0 Å². The Hall–Kier alpha value is -2.39. The van der Waals surface area contributed by atoms with E-state index in [9.17, 15) is 0 Å². The average molecular weight is 455 g/mol. The quantitative estimate of drug-likeness (QED) is 0.370. The number of rotatable bonds is 10. The first kappa shape index (κ1) is 22.8. The molecule has 1 aliphatic rings. The zero-order valence-corrected chi connectivity index (χ0v) is 19.3. The van der Waals surface area contributed by atoms with Gasteiger partial charge in [-0.15, -0.1) is 0 Å². The lowest BCUT2D eigenvalue weighted by Gasteiger charge is -2.34. The molecule has 32 heavy (non-hydrogen) atoms. The molecule has 1 N–H and O–H groups in total. The van der Waals surface area contributed by atoms with Crippen LogP contribution in [-0.2, 0) is 0 Å². The van der Waals surface area contributed by atoms with E-state index in [1.54, 1.807) is 25.2 Å². The van der Waals surface area contributed by atoms with Crippen molar-refractivity contribution in [2.75, 3.05) is 59.6 Å². The monoisotopic (exact) mass is 454 g/mol. The molecule has 0 amide bonds. The van der Waals surface area contributed by atoms with Crippen molar-refractivity contribution >= 4 is 22.7 Å². The fraction of sp³-hybridized carbons (Fsp3) is 0.417. The van der Waals surface area contributed by atoms with Crippen molar-refractivity contribution in [3.05, 3.63) is 48.8 Å². The molecule has 1 fully saturated rings. The largest absolute Gasteiger partial charge is 0.493 e. The van der Waals surface area contributed by atoms with E-state index in [2.05, 4.69) is 31.9 Å². The highest BCUT2D eigenvalue weighted by atomic mass is 32.2. The van der Waals surface area contributed by atoms with Gasteiger partial charge in [0.25, 0.3) is 0 Å². The van der Waals surface area contributed by atoms with Gasteiger partial charge in [-0.3, -0.25) is 4.90 Å². The summed E-state index contributed by atoms with van der Waals surface area (Å²) in [6, 6.07) is 14.1. The number of β-amino-alcohol motifs (C(OH)–C–C–N with tert-alkyl or cyclic N) is 1. The summed E-state index contributed by atoms with van der Waals surface area (Å²) in [5, 5.41) is 10.9. The number of benzene rings is 2. The number of piperazine rings is 1. The lowest BCUT2D eigenvalue weighted by Crippen LogP contribution is -2.47. The Morgan fingerprint density at radius 1 is 0.969 bits per heavy atom. The molecule has 4 rings (SSSR count). The van der Waals surface area contributed by atoms with Crippen LogP contribution in [0.15, 0.2) is 58.7 Å². The summed E-state index contributed by atoms with van der Waals surface area (Å²) in [6.45, 7) is 6.74. The van der Waals surface area contributed by atoms with Crippen molar-refractivity contribution in [3.63, 3.8) is 0 Å². The van der Waals surface area contributed by atoms with Crippen molar-refractivity contribution in [1.29, 1.82) is 0 Å². The number of ether oxygens (including phenoxy) is 2. The van der Waals surface area contributed by atoms with Gasteiger partial charge in [0.1, 0.15) is 11.4 Å². The average Bonchev–Trinajstić information content (AvgIpc) is 2.83. The zero-order valence-electron chi connectivity index (χ0n) is 18.4. The molecule has 3 aromatic rings. The van der Waals surface area contributed by atoms with Crippen molar-refractivity contribution in [2.24, 2.45) is 0 Å². The summed E-state index contributed by atoms with van der Waals surface area (Å²) >= 11 is 1.61. The molecule has 8 heteroatoms. The smallest absolute Gasteiger partial charge is 0.163 e. The summed E-state index contributed by atoms with van der Waals surface area (Å²) < 4.78 is 11.7. The molecule has 1 aromatic heterocycles. The van der Waals surface area contributed by atoms with Crippen molar-refractivity contribution < 1.29 is 14.6 Å². The lowest BCUT2D eigenvalue weighted by molar-refractivity contribution is 0.108. The number of aliphatic hydroxyl groups is 1. The third kappa shape index (κ3) is 5.89. The minimum Gasteiger partial charge on any atom is -0.493 e. The molecule has 170 valence electrons. The van der Waals surface area contributed by atoms with E-state index in [1.807, 2.05) is 30.3 Å². The molecule has 1 saturated heterocycles. The molecule has 7 nitrogen and oxygen atoms in total. The third-order valence-corrected chi connectivity index (χ3v) is 6.63. The Labute approximate surface area is 193 Å². The van der Waals surface area contributed by atoms with E-state index in [0.29, 0.717) is 18.1 Å². The number of nitrogens with zero attached hydrogens (tertiary/aromatic N) is 4. The van der Waals surface area contributed by atoms with Gasteiger partial charge in [0.05, 0.1) is 25.8 Å². The number of hydrogen-bond donors (Lipinski definition) is 1. The number of aliphatic hydroxyl groups excluding tert-OH is 1. The van der Waals surface area contributed by atoms with Crippen LogP contribution in [-0.4, -0.2) is 84.5 Å². The van der Waals surface area contributed by atoms with Gasteiger partial charge in [-0.25, -0.2) is 9.97 Å². The predicted molar refractivity (Wildman–Crippen MR) is 127 cm³/mol. The summed E-state index contributed by atoms with van der Waals surface area (Å²) in [5.74, 6) is 1.40. The van der Waals surface area contributed by atoms with Crippen LogP contribution in [0.5, 0.6) is 11.5 Å². The maximum Gasteiger partial charge on any atom is 0.163 e. The van der Waals surface area contributed by atoms with E-state index in [-0.39, 0.29) is 6.61 Å². The molecular weight excluding hydrogens is 424 g/mol. The van der Waals surface area contributed by atoms with Gasteiger partial charge in [0.2, 0.25) is 0 Å². The van der Waals surface area contributed by atoms with E-state index in [1.165, 1.54) is 0 Å². The minimum atomic E-state index is 0.235. The zero-order chi connectivity index (χ0) is 22.2. The normalized spacial score (nSPS) is 15.2. The molecule has 0 saturated carbocycles. The summed E-state index contributed by atoms with van der Waals surface area (Å²) in [4.78, 5) is 14.8. The predicted octanol–water partition coefficient (Wildman–Crippen LogP) is 3.17. The fourth-order valence-corrected chi connectivity index (χ4v) is 4.73. The first-order chi connectivity index (χ1) is 15.8. The Balaban J connectivity index is 1.37. The molecule has 0 radical (unpaired) electrons. The first-order valence-corrected chi connectivity index (χ1v) is 11.8. The summed E-state index contributed by atoms with van der Waals surface area (Å²) in [7, 11) is 1.66. The maximum atomic E-state index is 9.07. The van der Waals surface area contributed by atoms with Crippen molar-refractivity contribution in [2.45, 2.75) is 16.3 Å². The second-order valence-corrected chi connectivity index (χ2v) is 8.79. The fourth-order valence-electron chi connectivity index (χ4n) is 3.84. The topological polar surface area (TPSA) is 71.0 Å². The molecule has 0 unspecified atom stereocenters. The first-order valence-electron chi connectivity index (χ1n) is 11.0. The second-order valence-electron chi connectivity index (χ2n) is 7.72. The molecule has 1 aliphatic heterocycles. The Morgan fingerprint density at radius 3 is 2.44 bits per heavy atom. The van der Waals surface area contributed by atoms with Gasteiger partial charge in [-0.1, -0.05) is 30.0 Å². The van der Waals surface area contributed by atoms with Crippen LogP contribution in [0.3, 0.4) is 0 Å². The van der Waals surface area contributed by atoms with Crippen LogP contribution in [0.2, 0.25) is 0 Å². The third-order valence-electron chi connectivity index (χ3n) is 5.60. The van der Waals surface area contributed by atoms with Crippen LogP contribution in [0.4, 0.5) is 0 Å². The van der Waals surface area contributed by atoms with Crippen LogP contribution in [0.1, 0.15) is 6.42 Å². The van der Waals surface area contributed by atoms with Gasteiger partial charge in [-0.05, 0) is 24.6 Å². The second kappa shape index (κ2) is 11.5. The number of fused-ring (bicyclic) bond motifs is 1. The van der Waals surface area contributed by atoms with E-state index < -0.39 is 0 Å². The highest BCUT2D eigenvalue weighted by Gasteiger charge is 2.16. The van der Waals surface area contributed by atoms with E-state index >= 15 is 0 Å². The molecule has 0 bridgehead atoms. The van der Waals surface area contributed by atoms with Crippen molar-refractivity contribution in [3.8, 4) is 11.5 Å². The van der Waals surface area contributed by atoms with Crippen molar-refractivity contribution in [1.82, 2.24) is 19.8 Å². The molecule has 2 heterocycles. The molecule has 0 spiro atoms. The summed E-state index contributed by atoms with van der Waals surface area (Å²) in [5.41, 5.74) is 0.842. The summed E-state index contributed by atoms with van der Waals surface area (Å²) in [6.07, 6.45) is 2.54. The van der Waals surface area contributed by atoms with Gasteiger partial charge in [0.15, 0.2) is 11.5 Å². The number of hydrogen-bond acceptors (Lipinski definition) is 8. The lowest BCUT2D eigenvalue weighted by atomic mass is 10.2. The van der Waals surface area contributed by atoms with Crippen LogP contribution < -0.4 is 9.47 Å². The van der Waals surface area contributed by atoms with E-state index in [4.69, 9.17) is 14.6 Å². The highest BCUT2D eigenvalue weighted by molar-refractivity contribution is 7.99. The Bertz CT molecular complexity index is 997. The standard InChI is InChI=1S/C24H30N4O3S/c1-30-22-16-20-21(25-18-26-24(20)32-19-6-3-2-4-7-19)17-23(22)31-15-5-8-27-9-11-28(12-10-27)13-14-29/h2-4,6-7,16-18,29H,5,8-15H2,1H3. The van der Waals surface area contributed by atoms with Gasteiger partial charge < -0.3 is 19.5 Å².